The molecular formula is C23H18BrCl2N3O5. The Hall–Kier alpha value is -3.14. The van der Waals surface area contributed by atoms with Gasteiger partial charge in [-0.25, -0.2) is 5.43 Å². The van der Waals surface area contributed by atoms with Crippen molar-refractivity contribution in [1.82, 2.24) is 5.43 Å². The lowest BCUT2D eigenvalue weighted by Crippen LogP contribution is -2.17. The van der Waals surface area contributed by atoms with Crippen LogP contribution in [0.2, 0.25) is 10.0 Å². The van der Waals surface area contributed by atoms with Crippen molar-refractivity contribution in [3.8, 4) is 11.5 Å². The number of ether oxygens (including phenoxy) is 2. The van der Waals surface area contributed by atoms with Gasteiger partial charge in [-0.05, 0) is 59.3 Å². The summed E-state index contributed by atoms with van der Waals surface area (Å²) in [6.07, 6.45) is 1.44. The molecule has 34 heavy (non-hydrogen) atoms. The number of non-ortho nitro benzene ring substituents is 1. The van der Waals surface area contributed by atoms with Crippen LogP contribution >= 0.6 is 39.1 Å². The average molecular weight is 567 g/mol. The van der Waals surface area contributed by atoms with Crippen LogP contribution < -0.4 is 14.9 Å². The molecule has 8 nitrogen and oxygen atoms in total. The molecule has 0 radical (unpaired) electrons. The third-order valence-electron chi connectivity index (χ3n) is 4.47. The van der Waals surface area contributed by atoms with Crippen molar-refractivity contribution in [3.63, 3.8) is 0 Å². The summed E-state index contributed by atoms with van der Waals surface area (Å²) in [6.45, 7) is 2.47. The van der Waals surface area contributed by atoms with Crippen LogP contribution in [0.4, 0.5) is 5.69 Å². The predicted molar refractivity (Wildman–Crippen MR) is 134 cm³/mol. The highest BCUT2D eigenvalue weighted by atomic mass is 79.9. The van der Waals surface area contributed by atoms with Crippen LogP contribution in [0.5, 0.6) is 11.5 Å². The average Bonchev–Trinajstić information content (AvgIpc) is 2.81. The number of carbonyl (C=O) groups excluding carboxylic acids is 1. The number of amides is 1. The molecule has 0 bridgehead atoms. The van der Waals surface area contributed by atoms with Gasteiger partial charge < -0.3 is 9.47 Å². The van der Waals surface area contributed by atoms with Gasteiger partial charge in [0, 0.05) is 43.3 Å². The van der Waals surface area contributed by atoms with Crippen LogP contribution in [0.25, 0.3) is 0 Å². The third-order valence-corrected chi connectivity index (χ3v) is 5.74. The van der Waals surface area contributed by atoms with Crippen LogP contribution in [-0.4, -0.2) is 23.7 Å². The highest BCUT2D eigenvalue weighted by molar-refractivity contribution is 9.10. The van der Waals surface area contributed by atoms with Gasteiger partial charge in [0.05, 0.1) is 17.7 Å². The fourth-order valence-corrected chi connectivity index (χ4v) is 3.67. The Morgan fingerprint density at radius 3 is 2.47 bits per heavy atom. The number of nitrogens with one attached hydrogen (secondary N) is 1. The van der Waals surface area contributed by atoms with E-state index < -0.39 is 10.8 Å². The van der Waals surface area contributed by atoms with Crippen LogP contribution in [-0.2, 0) is 6.61 Å². The van der Waals surface area contributed by atoms with Crippen molar-refractivity contribution >= 4 is 56.9 Å². The summed E-state index contributed by atoms with van der Waals surface area (Å²) >= 11 is 15.6. The minimum Gasteiger partial charge on any atom is -0.490 e. The van der Waals surface area contributed by atoms with E-state index in [1.807, 2.05) is 6.92 Å². The number of hydrazone groups is 1. The van der Waals surface area contributed by atoms with E-state index in [0.717, 1.165) is 5.56 Å². The zero-order valence-corrected chi connectivity index (χ0v) is 20.9. The molecule has 0 unspecified atom stereocenters. The van der Waals surface area contributed by atoms with Crippen LogP contribution in [0.1, 0.15) is 28.4 Å². The Morgan fingerprint density at radius 1 is 1.12 bits per heavy atom. The summed E-state index contributed by atoms with van der Waals surface area (Å²) in [5.74, 6) is 0.470. The zero-order chi connectivity index (χ0) is 24.7. The second kappa shape index (κ2) is 11.8. The zero-order valence-electron chi connectivity index (χ0n) is 17.8. The molecule has 3 aromatic rings. The van der Waals surface area contributed by atoms with Gasteiger partial charge >= 0.3 is 0 Å². The number of rotatable bonds is 9. The quantitative estimate of drug-likeness (QED) is 0.183. The van der Waals surface area contributed by atoms with E-state index in [2.05, 4.69) is 26.5 Å². The lowest BCUT2D eigenvalue weighted by Gasteiger charge is -2.14. The first kappa shape index (κ1) is 25.5. The second-order valence-electron chi connectivity index (χ2n) is 6.78. The molecule has 0 spiro atoms. The van der Waals surface area contributed by atoms with Crippen molar-refractivity contribution in [3.05, 3.63) is 95.9 Å². The lowest BCUT2D eigenvalue weighted by molar-refractivity contribution is -0.384. The van der Waals surface area contributed by atoms with Gasteiger partial charge in [0.2, 0.25) is 0 Å². The van der Waals surface area contributed by atoms with Gasteiger partial charge in [-0.15, -0.1) is 0 Å². The number of hydrogen-bond donors (Lipinski definition) is 1. The standard InChI is InChI=1S/C23H18BrCl2N3O5/c1-2-33-21-9-16(12-27-28-23(30)14-4-7-18(8-5-14)29(31)32)19(24)11-22(21)34-13-15-3-6-17(25)10-20(15)26/h3-12H,2,13H2,1H3,(H,28,30)/b27-12-. The number of nitro benzene ring substituents is 1. The molecule has 0 aliphatic carbocycles. The molecule has 1 amide bonds. The second-order valence-corrected chi connectivity index (χ2v) is 8.48. The maximum absolute atomic E-state index is 12.2. The summed E-state index contributed by atoms with van der Waals surface area (Å²) in [4.78, 5) is 22.4. The van der Waals surface area contributed by atoms with E-state index in [4.69, 9.17) is 32.7 Å². The lowest BCUT2D eigenvalue weighted by atomic mass is 10.2. The molecule has 0 saturated carbocycles. The van der Waals surface area contributed by atoms with Crippen LogP contribution in [0.3, 0.4) is 0 Å². The summed E-state index contributed by atoms with van der Waals surface area (Å²) in [6, 6.07) is 13.8. The minimum atomic E-state index is -0.537. The first-order chi connectivity index (χ1) is 16.3. The van der Waals surface area contributed by atoms with E-state index >= 15 is 0 Å². The Labute approximate surface area is 213 Å². The number of hydrogen-bond acceptors (Lipinski definition) is 6. The van der Waals surface area contributed by atoms with E-state index in [0.29, 0.717) is 38.2 Å². The van der Waals surface area contributed by atoms with Gasteiger partial charge in [-0.3, -0.25) is 14.9 Å². The Kier molecular flexibility index (Phi) is 8.86. The van der Waals surface area contributed by atoms with Gasteiger partial charge in [-0.2, -0.15) is 5.10 Å². The van der Waals surface area contributed by atoms with Crippen molar-refractivity contribution in [1.29, 1.82) is 0 Å². The number of benzene rings is 3. The molecule has 0 aromatic heterocycles. The molecule has 0 aliphatic heterocycles. The maximum Gasteiger partial charge on any atom is 0.271 e. The third kappa shape index (κ3) is 6.69. The molecule has 0 atom stereocenters. The SMILES string of the molecule is CCOc1cc(/C=N\NC(=O)c2ccc([N+](=O)[O-])cc2)c(Br)cc1OCc1ccc(Cl)cc1Cl. The number of nitro groups is 1. The normalized spacial score (nSPS) is 10.8. The predicted octanol–water partition coefficient (Wildman–Crippen LogP) is 6.41. The maximum atomic E-state index is 12.2. The molecule has 3 aromatic carbocycles. The molecular weight excluding hydrogens is 549 g/mol. The fraction of sp³-hybridized carbons (Fsp3) is 0.130. The van der Waals surface area contributed by atoms with Crippen molar-refractivity contribution in [2.45, 2.75) is 13.5 Å². The molecule has 176 valence electrons. The van der Waals surface area contributed by atoms with E-state index in [9.17, 15) is 14.9 Å². The molecule has 0 heterocycles. The highest BCUT2D eigenvalue weighted by Crippen LogP contribution is 2.34. The van der Waals surface area contributed by atoms with E-state index in [1.165, 1.54) is 30.5 Å². The molecule has 11 heteroatoms. The summed E-state index contributed by atoms with van der Waals surface area (Å²) < 4.78 is 12.3. The van der Waals surface area contributed by atoms with Gasteiger partial charge in [0.15, 0.2) is 11.5 Å². The molecule has 3 rings (SSSR count). The Morgan fingerprint density at radius 2 is 1.82 bits per heavy atom. The first-order valence-corrected chi connectivity index (χ1v) is 11.4. The van der Waals surface area contributed by atoms with Gasteiger partial charge in [0.1, 0.15) is 6.61 Å². The molecule has 0 saturated heterocycles. The van der Waals surface area contributed by atoms with Crippen LogP contribution in [0, 0.1) is 10.1 Å². The fourth-order valence-electron chi connectivity index (χ4n) is 2.78. The number of halogens is 3. The van der Waals surface area contributed by atoms with E-state index in [-0.39, 0.29) is 17.9 Å². The highest BCUT2D eigenvalue weighted by Gasteiger charge is 2.12. The summed E-state index contributed by atoms with van der Waals surface area (Å²) in [5.41, 5.74) is 3.92. The number of nitrogens with zero attached hydrogens (tertiary/aromatic N) is 2. The van der Waals surface area contributed by atoms with Gasteiger partial charge in [0.25, 0.3) is 11.6 Å². The molecule has 0 fully saturated rings. The van der Waals surface area contributed by atoms with Crippen molar-refractivity contribution < 1.29 is 19.2 Å². The first-order valence-electron chi connectivity index (χ1n) is 9.89. The van der Waals surface area contributed by atoms with Gasteiger partial charge in [-0.1, -0.05) is 29.3 Å². The summed E-state index contributed by atoms with van der Waals surface area (Å²) in [7, 11) is 0. The van der Waals surface area contributed by atoms with E-state index in [1.54, 1.807) is 30.3 Å². The van der Waals surface area contributed by atoms with Crippen LogP contribution in [0.15, 0.2) is 64.2 Å². The van der Waals surface area contributed by atoms with Crippen molar-refractivity contribution in [2.75, 3.05) is 6.61 Å². The summed E-state index contributed by atoms with van der Waals surface area (Å²) in [5, 5.41) is 15.7. The Balaban J connectivity index is 1.71. The smallest absolute Gasteiger partial charge is 0.271 e. The topological polar surface area (TPSA) is 103 Å². The monoisotopic (exact) mass is 565 g/mol. The Bertz CT molecular complexity index is 1240. The largest absolute Gasteiger partial charge is 0.490 e. The molecule has 1 N–H and O–H groups in total. The molecule has 0 aliphatic rings. The number of carbonyl (C=O) groups is 1. The van der Waals surface area contributed by atoms with Crippen molar-refractivity contribution in [2.24, 2.45) is 5.10 Å². The minimum absolute atomic E-state index is 0.104.